The Morgan fingerprint density at radius 2 is 2.09 bits per heavy atom. The summed E-state index contributed by atoms with van der Waals surface area (Å²) in [6.07, 6.45) is 1.59. The molecule has 1 rings (SSSR count). The lowest BCUT2D eigenvalue weighted by Crippen LogP contribution is -2.30. The van der Waals surface area contributed by atoms with E-state index in [-0.39, 0.29) is 17.9 Å². The molecule has 0 aromatic rings. The predicted octanol–water partition coefficient (Wildman–Crippen LogP) is 0.942. The number of aliphatic hydroxyl groups excluding tert-OH is 2. The third-order valence-corrected chi connectivity index (χ3v) is 2.60. The van der Waals surface area contributed by atoms with Crippen LogP contribution in [0.4, 0.5) is 0 Å². The number of aliphatic hydroxyl groups is 2. The molecule has 0 radical (unpaired) electrons. The first-order valence-electron chi connectivity index (χ1n) is 3.97. The standard InChI is InChI=1S/C9H16O2/c1-6-4-9(2,3)7(5-10)8(6)11/h4,7-8,10-11H,5H2,1-3H3. The monoisotopic (exact) mass is 156 g/mol. The van der Waals surface area contributed by atoms with Gasteiger partial charge in [0, 0.05) is 12.5 Å². The van der Waals surface area contributed by atoms with E-state index < -0.39 is 6.10 Å². The largest absolute Gasteiger partial charge is 0.396 e. The van der Waals surface area contributed by atoms with E-state index in [1.165, 1.54) is 0 Å². The zero-order valence-electron chi connectivity index (χ0n) is 7.33. The SMILES string of the molecule is CC1=CC(C)(C)C(CO)C1O. The van der Waals surface area contributed by atoms with E-state index in [4.69, 9.17) is 5.11 Å². The van der Waals surface area contributed by atoms with Crippen LogP contribution in [0.1, 0.15) is 20.8 Å². The molecule has 2 heteroatoms. The van der Waals surface area contributed by atoms with Crippen LogP contribution in [-0.2, 0) is 0 Å². The van der Waals surface area contributed by atoms with Crippen molar-refractivity contribution in [1.29, 1.82) is 0 Å². The molecule has 0 fully saturated rings. The zero-order valence-corrected chi connectivity index (χ0v) is 7.33. The molecule has 0 aromatic carbocycles. The van der Waals surface area contributed by atoms with E-state index in [1.54, 1.807) is 0 Å². The van der Waals surface area contributed by atoms with Gasteiger partial charge in [-0.25, -0.2) is 0 Å². The summed E-state index contributed by atoms with van der Waals surface area (Å²) in [5.74, 6) is -0.0255. The van der Waals surface area contributed by atoms with Gasteiger partial charge < -0.3 is 10.2 Å². The van der Waals surface area contributed by atoms with Gasteiger partial charge in [0.1, 0.15) is 0 Å². The van der Waals surface area contributed by atoms with Gasteiger partial charge in [-0.3, -0.25) is 0 Å². The van der Waals surface area contributed by atoms with E-state index >= 15 is 0 Å². The van der Waals surface area contributed by atoms with E-state index in [2.05, 4.69) is 0 Å². The van der Waals surface area contributed by atoms with Crippen LogP contribution < -0.4 is 0 Å². The summed E-state index contributed by atoms with van der Waals surface area (Å²) in [6.45, 7) is 6.03. The van der Waals surface area contributed by atoms with Crippen molar-refractivity contribution in [1.82, 2.24) is 0 Å². The second-order valence-corrected chi connectivity index (χ2v) is 3.94. The minimum atomic E-state index is -0.449. The summed E-state index contributed by atoms with van der Waals surface area (Å²) in [7, 11) is 0. The van der Waals surface area contributed by atoms with E-state index in [0.717, 1.165) is 5.57 Å². The lowest BCUT2D eigenvalue weighted by Gasteiger charge is -2.26. The molecule has 1 aliphatic carbocycles. The van der Waals surface area contributed by atoms with Gasteiger partial charge in [-0.15, -0.1) is 0 Å². The van der Waals surface area contributed by atoms with Crippen molar-refractivity contribution in [3.63, 3.8) is 0 Å². The fraction of sp³-hybridized carbons (Fsp3) is 0.778. The van der Waals surface area contributed by atoms with Gasteiger partial charge in [0.05, 0.1) is 6.10 Å². The zero-order chi connectivity index (χ0) is 8.65. The molecule has 0 spiro atoms. The van der Waals surface area contributed by atoms with Crippen LogP contribution in [0.15, 0.2) is 11.6 Å². The molecule has 0 aromatic heterocycles. The molecule has 2 N–H and O–H groups in total. The van der Waals surface area contributed by atoms with Crippen molar-refractivity contribution < 1.29 is 10.2 Å². The molecular weight excluding hydrogens is 140 g/mol. The van der Waals surface area contributed by atoms with Crippen LogP contribution in [0.3, 0.4) is 0 Å². The highest BCUT2D eigenvalue weighted by Crippen LogP contribution is 2.40. The molecule has 0 aliphatic heterocycles. The topological polar surface area (TPSA) is 40.5 Å². The molecule has 0 amide bonds. The Morgan fingerprint density at radius 3 is 2.27 bits per heavy atom. The fourth-order valence-electron chi connectivity index (χ4n) is 1.84. The molecule has 2 atom stereocenters. The van der Waals surface area contributed by atoms with Gasteiger partial charge in [0.15, 0.2) is 0 Å². The van der Waals surface area contributed by atoms with Crippen molar-refractivity contribution in [3.05, 3.63) is 11.6 Å². The average molecular weight is 156 g/mol. The summed E-state index contributed by atoms with van der Waals surface area (Å²) in [5, 5.41) is 18.6. The molecule has 1 aliphatic rings. The van der Waals surface area contributed by atoms with Gasteiger partial charge in [-0.2, -0.15) is 0 Å². The lowest BCUT2D eigenvalue weighted by molar-refractivity contribution is 0.0562. The van der Waals surface area contributed by atoms with E-state index in [9.17, 15) is 5.11 Å². The Labute approximate surface area is 67.6 Å². The first-order valence-corrected chi connectivity index (χ1v) is 3.97. The van der Waals surface area contributed by atoms with Crippen LogP contribution in [-0.4, -0.2) is 22.9 Å². The maximum Gasteiger partial charge on any atom is 0.0805 e. The van der Waals surface area contributed by atoms with Gasteiger partial charge in [0.2, 0.25) is 0 Å². The molecule has 0 saturated carbocycles. The summed E-state index contributed by atoms with van der Waals surface area (Å²) in [5.41, 5.74) is 0.923. The Kier molecular flexibility index (Phi) is 2.08. The van der Waals surface area contributed by atoms with Gasteiger partial charge in [-0.1, -0.05) is 19.9 Å². The Bertz CT molecular complexity index is 182. The van der Waals surface area contributed by atoms with Crippen molar-refractivity contribution in [2.24, 2.45) is 11.3 Å². The molecular formula is C9H16O2. The van der Waals surface area contributed by atoms with E-state index in [1.807, 2.05) is 26.8 Å². The van der Waals surface area contributed by atoms with Crippen LogP contribution in [0.2, 0.25) is 0 Å². The van der Waals surface area contributed by atoms with Crippen molar-refractivity contribution in [2.45, 2.75) is 26.9 Å². The summed E-state index contributed by atoms with van der Waals surface area (Å²) in [6, 6.07) is 0. The Morgan fingerprint density at radius 1 is 1.55 bits per heavy atom. The average Bonchev–Trinajstić information content (AvgIpc) is 2.03. The highest BCUT2D eigenvalue weighted by molar-refractivity contribution is 5.21. The number of hydrogen-bond acceptors (Lipinski definition) is 2. The van der Waals surface area contributed by atoms with Gasteiger partial charge >= 0.3 is 0 Å². The lowest BCUT2D eigenvalue weighted by atomic mass is 9.82. The maximum atomic E-state index is 9.56. The van der Waals surface area contributed by atoms with Gasteiger partial charge in [0.25, 0.3) is 0 Å². The van der Waals surface area contributed by atoms with Crippen molar-refractivity contribution in [2.75, 3.05) is 6.61 Å². The molecule has 0 heterocycles. The summed E-state index contributed by atoms with van der Waals surface area (Å²) >= 11 is 0. The fourth-order valence-corrected chi connectivity index (χ4v) is 1.84. The van der Waals surface area contributed by atoms with Crippen LogP contribution in [0, 0.1) is 11.3 Å². The molecule has 0 bridgehead atoms. The molecule has 2 nitrogen and oxygen atoms in total. The number of rotatable bonds is 1. The molecule has 64 valence electrons. The first kappa shape index (κ1) is 8.75. The van der Waals surface area contributed by atoms with Gasteiger partial charge in [-0.05, 0) is 17.9 Å². The normalized spacial score (nSPS) is 35.5. The summed E-state index contributed by atoms with van der Waals surface area (Å²) in [4.78, 5) is 0. The van der Waals surface area contributed by atoms with Crippen molar-refractivity contribution in [3.8, 4) is 0 Å². The maximum absolute atomic E-state index is 9.56. The van der Waals surface area contributed by atoms with Crippen molar-refractivity contribution >= 4 is 0 Å². The third kappa shape index (κ3) is 1.33. The molecule has 0 saturated heterocycles. The first-order chi connectivity index (χ1) is 4.99. The number of allylic oxidation sites excluding steroid dienone is 1. The van der Waals surface area contributed by atoms with Crippen LogP contribution in [0.25, 0.3) is 0 Å². The highest BCUT2D eigenvalue weighted by Gasteiger charge is 2.39. The number of hydrogen-bond donors (Lipinski definition) is 2. The van der Waals surface area contributed by atoms with E-state index in [0.29, 0.717) is 0 Å². The Balaban J connectivity index is 2.85. The second kappa shape index (κ2) is 2.61. The Hall–Kier alpha value is -0.340. The molecule has 11 heavy (non-hydrogen) atoms. The van der Waals surface area contributed by atoms with Crippen LogP contribution >= 0.6 is 0 Å². The second-order valence-electron chi connectivity index (χ2n) is 3.94. The quantitative estimate of drug-likeness (QED) is 0.555. The third-order valence-electron chi connectivity index (χ3n) is 2.60. The predicted molar refractivity (Wildman–Crippen MR) is 44.1 cm³/mol. The minimum absolute atomic E-state index is 0.0255. The minimum Gasteiger partial charge on any atom is -0.396 e. The highest BCUT2D eigenvalue weighted by atomic mass is 16.3. The smallest absolute Gasteiger partial charge is 0.0805 e. The molecule has 2 unspecified atom stereocenters. The van der Waals surface area contributed by atoms with Crippen LogP contribution in [0.5, 0.6) is 0 Å². The summed E-state index contributed by atoms with van der Waals surface area (Å²) < 4.78 is 0.